The lowest BCUT2D eigenvalue weighted by Crippen LogP contribution is -2.16. The zero-order valence-corrected chi connectivity index (χ0v) is 17.2. The molecule has 2 aromatic rings. The van der Waals surface area contributed by atoms with Crippen molar-refractivity contribution in [2.24, 2.45) is 0 Å². The van der Waals surface area contributed by atoms with Crippen molar-refractivity contribution < 1.29 is 19.8 Å². The van der Waals surface area contributed by atoms with Crippen LogP contribution in [0.5, 0.6) is 0 Å². The van der Waals surface area contributed by atoms with Crippen molar-refractivity contribution in [3.8, 4) is 6.07 Å². The molecular formula is C22H24N2O4S. The van der Waals surface area contributed by atoms with Gasteiger partial charge in [0.05, 0.1) is 12.0 Å². The van der Waals surface area contributed by atoms with Gasteiger partial charge in [0.2, 0.25) is 0 Å². The molecule has 0 fully saturated rings. The molecule has 2 N–H and O–H groups in total. The lowest BCUT2D eigenvalue weighted by atomic mass is 9.79. The van der Waals surface area contributed by atoms with Gasteiger partial charge >= 0.3 is 11.9 Å². The Morgan fingerprint density at radius 2 is 1.52 bits per heavy atom. The average Bonchev–Trinajstić information content (AvgIpc) is 2.82. The van der Waals surface area contributed by atoms with Gasteiger partial charge in [-0.1, -0.05) is 48.2 Å². The highest BCUT2D eigenvalue weighted by Crippen LogP contribution is 2.48. The Hall–Kier alpha value is -2.82. The zero-order chi connectivity index (χ0) is 21.4. The van der Waals surface area contributed by atoms with E-state index in [1.165, 1.54) is 20.9 Å². The number of hydrogen-bond donors (Lipinski definition) is 2. The van der Waals surface area contributed by atoms with E-state index < -0.39 is 11.9 Å². The zero-order valence-electron chi connectivity index (χ0n) is 16.4. The van der Waals surface area contributed by atoms with Crippen LogP contribution < -0.4 is 0 Å². The van der Waals surface area contributed by atoms with E-state index >= 15 is 0 Å². The van der Waals surface area contributed by atoms with Crippen molar-refractivity contribution >= 4 is 23.7 Å². The van der Waals surface area contributed by atoms with E-state index in [0.717, 1.165) is 19.4 Å². The van der Waals surface area contributed by atoms with Crippen molar-refractivity contribution in [1.82, 2.24) is 4.90 Å². The monoisotopic (exact) mass is 412 g/mol. The van der Waals surface area contributed by atoms with Gasteiger partial charge in [-0.2, -0.15) is 5.26 Å². The fraction of sp³-hybridized carbons (Fsp3) is 0.318. The third kappa shape index (κ3) is 6.08. The smallest absolute Gasteiger partial charge is 0.414 e. The Morgan fingerprint density at radius 3 is 2.03 bits per heavy atom. The standard InChI is InChI=1S/C20H22N2S.C2H2O4/c1-22(2)13-7-10-15-16-8-3-5-11-19(16)23-20-12-6-4-9-17(20)18(15)14-21;3-1(4)2(5)6/h3-6,8-9,11-12,15,18H,7,10,13H2,1-2H3;(H,3,4)(H,5,6)/t15-,18+;/m0./s1. The summed E-state index contributed by atoms with van der Waals surface area (Å²) in [7, 11) is 4.21. The van der Waals surface area contributed by atoms with Gasteiger partial charge in [0.1, 0.15) is 0 Å². The number of nitrogens with zero attached hydrogens (tertiary/aromatic N) is 2. The quantitative estimate of drug-likeness (QED) is 0.731. The minimum absolute atomic E-state index is 0.0653. The number of fused-ring (bicyclic) bond motifs is 2. The molecule has 0 amide bonds. The van der Waals surface area contributed by atoms with Crippen LogP contribution in [0.4, 0.5) is 0 Å². The Kier molecular flexibility index (Phi) is 8.25. The summed E-state index contributed by atoms with van der Waals surface area (Å²) in [6, 6.07) is 19.6. The van der Waals surface area contributed by atoms with Gasteiger partial charge < -0.3 is 15.1 Å². The molecule has 0 saturated carbocycles. The Bertz CT molecular complexity index is 896. The van der Waals surface area contributed by atoms with E-state index in [2.05, 4.69) is 73.6 Å². The average molecular weight is 413 g/mol. The summed E-state index contributed by atoms with van der Waals surface area (Å²) < 4.78 is 0. The third-order valence-electron chi connectivity index (χ3n) is 4.64. The maximum Gasteiger partial charge on any atom is 0.414 e. The molecule has 0 bridgehead atoms. The van der Waals surface area contributed by atoms with Gasteiger partial charge in [0.15, 0.2) is 0 Å². The summed E-state index contributed by atoms with van der Waals surface area (Å²) in [5.41, 5.74) is 2.52. The highest BCUT2D eigenvalue weighted by Gasteiger charge is 2.31. The van der Waals surface area contributed by atoms with Crippen LogP contribution in [0, 0.1) is 11.3 Å². The van der Waals surface area contributed by atoms with E-state index in [-0.39, 0.29) is 11.8 Å². The molecule has 7 heteroatoms. The summed E-state index contributed by atoms with van der Waals surface area (Å²) in [4.78, 5) is 22.9. The minimum atomic E-state index is -1.82. The first-order valence-electron chi connectivity index (χ1n) is 9.21. The first-order valence-corrected chi connectivity index (χ1v) is 10.0. The number of carboxylic acids is 2. The number of aliphatic carboxylic acids is 2. The number of carbonyl (C=O) groups is 2. The predicted octanol–water partition coefficient (Wildman–Crippen LogP) is 4.04. The molecule has 2 atom stereocenters. The van der Waals surface area contributed by atoms with E-state index in [1.54, 1.807) is 11.8 Å². The predicted molar refractivity (Wildman–Crippen MR) is 111 cm³/mol. The van der Waals surface area contributed by atoms with Gasteiger partial charge in [-0.3, -0.25) is 0 Å². The fourth-order valence-electron chi connectivity index (χ4n) is 3.33. The van der Waals surface area contributed by atoms with Crippen LogP contribution in [-0.2, 0) is 9.59 Å². The Morgan fingerprint density at radius 1 is 1.00 bits per heavy atom. The Labute approximate surface area is 174 Å². The molecule has 2 aromatic carbocycles. The number of hydrogen-bond acceptors (Lipinski definition) is 5. The van der Waals surface area contributed by atoms with Crippen LogP contribution in [0.25, 0.3) is 0 Å². The van der Waals surface area contributed by atoms with E-state index in [4.69, 9.17) is 19.8 Å². The second-order valence-corrected chi connectivity index (χ2v) is 8.03. The SMILES string of the molecule is CN(C)CCC[C@H]1c2ccccc2Sc2ccccc2[C@@H]1C#N.O=C(O)C(=O)O. The topological polar surface area (TPSA) is 102 Å². The molecule has 0 saturated heterocycles. The number of rotatable bonds is 4. The third-order valence-corrected chi connectivity index (χ3v) is 5.82. The van der Waals surface area contributed by atoms with Crippen LogP contribution >= 0.6 is 11.8 Å². The van der Waals surface area contributed by atoms with Crippen molar-refractivity contribution in [3.05, 3.63) is 59.7 Å². The Balaban J connectivity index is 0.000000438. The lowest BCUT2D eigenvalue weighted by molar-refractivity contribution is -0.159. The molecule has 1 aliphatic heterocycles. The van der Waals surface area contributed by atoms with Crippen LogP contribution in [0.15, 0.2) is 58.3 Å². The first kappa shape index (κ1) is 22.5. The van der Waals surface area contributed by atoms with Crippen LogP contribution in [0.2, 0.25) is 0 Å². The maximum absolute atomic E-state index is 9.90. The van der Waals surface area contributed by atoms with E-state index in [0.29, 0.717) is 0 Å². The van der Waals surface area contributed by atoms with E-state index in [9.17, 15) is 5.26 Å². The molecule has 152 valence electrons. The van der Waals surface area contributed by atoms with Crippen molar-refractivity contribution in [2.45, 2.75) is 34.5 Å². The van der Waals surface area contributed by atoms with Crippen LogP contribution in [-0.4, -0.2) is 47.7 Å². The van der Waals surface area contributed by atoms with Gasteiger partial charge in [-0.25, -0.2) is 9.59 Å². The largest absolute Gasteiger partial charge is 0.473 e. The summed E-state index contributed by atoms with van der Waals surface area (Å²) in [6.45, 7) is 1.06. The van der Waals surface area contributed by atoms with Gasteiger partial charge in [0, 0.05) is 15.7 Å². The highest BCUT2D eigenvalue weighted by atomic mass is 32.2. The maximum atomic E-state index is 9.90. The number of carboxylic acid groups (broad SMARTS) is 2. The normalized spacial score (nSPS) is 17.0. The first-order chi connectivity index (χ1) is 13.8. The molecule has 0 spiro atoms. The van der Waals surface area contributed by atoms with Gasteiger partial charge in [-0.15, -0.1) is 0 Å². The second kappa shape index (κ2) is 10.6. The van der Waals surface area contributed by atoms with Gasteiger partial charge in [-0.05, 0) is 56.7 Å². The summed E-state index contributed by atoms with van der Waals surface area (Å²) in [5, 5.41) is 24.7. The lowest BCUT2D eigenvalue weighted by Gasteiger charge is -2.23. The van der Waals surface area contributed by atoms with Crippen molar-refractivity contribution in [3.63, 3.8) is 0 Å². The molecule has 1 aliphatic rings. The molecular weight excluding hydrogens is 388 g/mol. The molecule has 3 rings (SSSR count). The van der Waals surface area contributed by atoms with Gasteiger partial charge in [0.25, 0.3) is 0 Å². The van der Waals surface area contributed by atoms with Crippen LogP contribution in [0.1, 0.15) is 35.8 Å². The summed E-state index contributed by atoms with van der Waals surface area (Å²) in [5.74, 6) is -3.44. The molecule has 1 heterocycles. The highest BCUT2D eigenvalue weighted by molar-refractivity contribution is 7.99. The second-order valence-electron chi connectivity index (χ2n) is 6.95. The summed E-state index contributed by atoms with van der Waals surface area (Å²) in [6.07, 6.45) is 2.15. The number of benzene rings is 2. The molecule has 6 nitrogen and oxygen atoms in total. The molecule has 0 aromatic heterocycles. The molecule has 0 radical (unpaired) electrons. The molecule has 29 heavy (non-hydrogen) atoms. The van der Waals surface area contributed by atoms with E-state index in [1.807, 2.05) is 0 Å². The number of nitriles is 1. The molecule has 0 aliphatic carbocycles. The van der Waals surface area contributed by atoms with Crippen LogP contribution in [0.3, 0.4) is 0 Å². The fourth-order valence-corrected chi connectivity index (χ4v) is 4.51. The minimum Gasteiger partial charge on any atom is -0.473 e. The molecule has 0 unspecified atom stereocenters. The van der Waals surface area contributed by atoms with Crippen molar-refractivity contribution in [2.75, 3.05) is 20.6 Å². The van der Waals surface area contributed by atoms with Crippen molar-refractivity contribution in [1.29, 1.82) is 5.26 Å². The summed E-state index contributed by atoms with van der Waals surface area (Å²) >= 11 is 1.80.